The standard InChI is InChI=1S/C25H25FN2O3/c1-4-25(30)11-31-10-16-17(25)7-20-23-15(9-28(20)24(16)29)21-12(2)5-6-14-13(3)18(26)8-19(27-23)22(14)21/h7-8,12,30H,4-6,9-11H2,1-3H3/t12-,25+/m0/s1. The molecule has 6 heteroatoms. The first-order chi connectivity index (χ1) is 14.8. The zero-order valence-corrected chi connectivity index (χ0v) is 18.0. The van der Waals surface area contributed by atoms with Crippen molar-refractivity contribution in [1.82, 2.24) is 9.55 Å². The number of ether oxygens (including phenoxy) is 1. The summed E-state index contributed by atoms with van der Waals surface area (Å²) >= 11 is 0. The Morgan fingerprint density at radius 3 is 2.90 bits per heavy atom. The highest BCUT2D eigenvalue weighted by Gasteiger charge is 2.39. The van der Waals surface area contributed by atoms with Crippen molar-refractivity contribution in [1.29, 1.82) is 0 Å². The molecule has 0 fully saturated rings. The maximum absolute atomic E-state index is 14.7. The Labute approximate surface area is 179 Å². The Morgan fingerprint density at radius 2 is 2.13 bits per heavy atom. The average molecular weight is 420 g/mol. The molecule has 0 bridgehead atoms. The van der Waals surface area contributed by atoms with Gasteiger partial charge in [0.15, 0.2) is 0 Å². The second kappa shape index (κ2) is 6.24. The van der Waals surface area contributed by atoms with Crippen molar-refractivity contribution in [2.24, 2.45) is 0 Å². The van der Waals surface area contributed by atoms with E-state index in [0.29, 0.717) is 46.8 Å². The first kappa shape index (κ1) is 19.1. The van der Waals surface area contributed by atoms with E-state index in [0.717, 1.165) is 35.0 Å². The summed E-state index contributed by atoms with van der Waals surface area (Å²) in [7, 11) is 0. The van der Waals surface area contributed by atoms with Gasteiger partial charge in [-0.25, -0.2) is 9.37 Å². The molecule has 4 heterocycles. The molecule has 3 aromatic rings. The van der Waals surface area contributed by atoms with Crippen LogP contribution in [-0.4, -0.2) is 21.3 Å². The lowest BCUT2D eigenvalue weighted by molar-refractivity contribution is -0.0757. The number of hydrogen-bond acceptors (Lipinski definition) is 4. The molecule has 5 nitrogen and oxygen atoms in total. The molecule has 0 unspecified atom stereocenters. The predicted octanol–water partition coefficient (Wildman–Crippen LogP) is 4.05. The predicted molar refractivity (Wildman–Crippen MR) is 116 cm³/mol. The lowest BCUT2D eigenvalue weighted by atomic mass is 9.79. The van der Waals surface area contributed by atoms with Gasteiger partial charge in [-0.15, -0.1) is 0 Å². The molecule has 0 amide bonds. The smallest absolute Gasteiger partial charge is 0.257 e. The van der Waals surface area contributed by atoms with Gasteiger partial charge in [0, 0.05) is 22.6 Å². The molecule has 0 spiro atoms. The lowest BCUT2D eigenvalue weighted by Crippen LogP contribution is -2.40. The first-order valence-corrected chi connectivity index (χ1v) is 11.1. The van der Waals surface area contributed by atoms with Crippen molar-refractivity contribution >= 4 is 10.9 Å². The van der Waals surface area contributed by atoms with Crippen LogP contribution in [0.25, 0.3) is 22.3 Å². The van der Waals surface area contributed by atoms with Gasteiger partial charge in [-0.1, -0.05) is 13.8 Å². The van der Waals surface area contributed by atoms with Gasteiger partial charge >= 0.3 is 0 Å². The Balaban J connectivity index is 1.70. The third-order valence-corrected chi connectivity index (χ3v) is 7.70. The minimum atomic E-state index is -1.18. The van der Waals surface area contributed by atoms with Crippen LogP contribution in [0.15, 0.2) is 16.9 Å². The average Bonchev–Trinajstić information content (AvgIpc) is 3.12. The van der Waals surface area contributed by atoms with E-state index < -0.39 is 5.60 Å². The number of halogens is 1. The van der Waals surface area contributed by atoms with Gasteiger partial charge in [0.2, 0.25) is 0 Å². The third-order valence-electron chi connectivity index (χ3n) is 7.70. The summed E-state index contributed by atoms with van der Waals surface area (Å²) in [5, 5.41) is 12.2. The molecule has 0 radical (unpaired) electrons. The summed E-state index contributed by atoms with van der Waals surface area (Å²) in [6.45, 7) is 6.78. The zero-order valence-electron chi connectivity index (χ0n) is 18.0. The van der Waals surface area contributed by atoms with Crippen molar-refractivity contribution in [2.75, 3.05) is 6.61 Å². The third kappa shape index (κ3) is 2.37. The van der Waals surface area contributed by atoms with Crippen LogP contribution < -0.4 is 5.56 Å². The van der Waals surface area contributed by atoms with Crippen molar-refractivity contribution in [3.63, 3.8) is 0 Å². The number of aromatic nitrogens is 2. The maximum atomic E-state index is 14.7. The minimum Gasteiger partial charge on any atom is -0.383 e. The fraction of sp³-hybridized carbons (Fsp3) is 0.440. The van der Waals surface area contributed by atoms with Crippen LogP contribution in [0.4, 0.5) is 4.39 Å². The van der Waals surface area contributed by atoms with Gasteiger partial charge in [-0.05, 0) is 60.4 Å². The van der Waals surface area contributed by atoms with Gasteiger partial charge in [0.05, 0.1) is 36.7 Å². The summed E-state index contributed by atoms with van der Waals surface area (Å²) in [4.78, 5) is 18.3. The van der Waals surface area contributed by atoms with Crippen LogP contribution in [0.1, 0.15) is 66.0 Å². The number of pyridine rings is 2. The lowest BCUT2D eigenvalue weighted by Gasteiger charge is -2.33. The molecule has 160 valence electrons. The van der Waals surface area contributed by atoms with Gasteiger partial charge in [-0.2, -0.15) is 0 Å². The van der Waals surface area contributed by atoms with Crippen molar-refractivity contribution in [3.05, 3.63) is 61.7 Å². The molecule has 2 aliphatic heterocycles. The molecular formula is C25H25FN2O3. The first-order valence-electron chi connectivity index (χ1n) is 11.1. The normalized spacial score (nSPS) is 23.6. The molecule has 31 heavy (non-hydrogen) atoms. The number of aliphatic hydroxyl groups is 1. The molecule has 6 rings (SSSR count). The van der Waals surface area contributed by atoms with E-state index in [2.05, 4.69) is 6.92 Å². The van der Waals surface area contributed by atoms with Gasteiger partial charge in [-0.3, -0.25) is 4.79 Å². The molecule has 1 N–H and O–H groups in total. The molecule has 3 aliphatic rings. The summed E-state index contributed by atoms with van der Waals surface area (Å²) in [5.74, 6) is 0.0842. The van der Waals surface area contributed by atoms with E-state index in [4.69, 9.17) is 9.72 Å². The van der Waals surface area contributed by atoms with Crippen LogP contribution in [0, 0.1) is 12.7 Å². The number of rotatable bonds is 1. The molecule has 1 aliphatic carbocycles. The number of benzene rings is 1. The summed E-state index contributed by atoms with van der Waals surface area (Å²) in [6, 6.07) is 3.45. The molecule has 2 aromatic heterocycles. The highest BCUT2D eigenvalue weighted by atomic mass is 19.1. The molecule has 0 saturated carbocycles. The van der Waals surface area contributed by atoms with Crippen LogP contribution in [0.2, 0.25) is 0 Å². The largest absolute Gasteiger partial charge is 0.383 e. The minimum absolute atomic E-state index is 0.126. The van der Waals surface area contributed by atoms with Crippen molar-refractivity contribution < 1.29 is 14.2 Å². The number of fused-ring (bicyclic) bond motifs is 5. The second-order valence-electron chi connectivity index (χ2n) is 9.34. The quantitative estimate of drug-likeness (QED) is 0.505. The Hall–Kier alpha value is -2.57. The molecular weight excluding hydrogens is 395 g/mol. The fourth-order valence-electron chi connectivity index (χ4n) is 5.82. The summed E-state index contributed by atoms with van der Waals surface area (Å²) in [5.41, 5.74) is 6.00. The van der Waals surface area contributed by atoms with Crippen LogP contribution >= 0.6 is 0 Å². The van der Waals surface area contributed by atoms with E-state index in [9.17, 15) is 14.3 Å². The van der Waals surface area contributed by atoms with Crippen LogP contribution in [0.3, 0.4) is 0 Å². The Kier molecular flexibility index (Phi) is 3.85. The van der Waals surface area contributed by atoms with E-state index in [-0.39, 0.29) is 24.6 Å². The van der Waals surface area contributed by atoms with Gasteiger partial charge in [0.25, 0.3) is 5.56 Å². The topological polar surface area (TPSA) is 64.3 Å². The zero-order chi connectivity index (χ0) is 21.7. The fourth-order valence-corrected chi connectivity index (χ4v) is 5.82. The van der Waals surface area contributed by atoms with Gasteiger partial charge < -0.3 is 14.4 Å². The van der Waals surface area contributed by atoms with Crippen molar-refractivity contribution in [3.8, 4) is 11.4 Å². The molecule has 2 atom stereocenters. The van der Waals surface area contributed by atoms with Crippen molar-refractivity contribution in [2.45, 2.75) is 64.7 Å². The monoisotopic (exact) mass is 420 g/mol. The Bertz CT molecular complexity index is 1360. The van der Waals surface area contributed by atoms with E-state index >= 15 is 0 Å². The summed E-state index contributed by atoms with van der Waals surface area (Å²) < 4.78 is 22.0. The number of nitrogens with zero attached hydrogens (tertiary/aromatic N) is 2. The SMILES string of the molecule is CC[C@@]1(O)COCc2c1cc1n(c2=O)Cc2c-1nc1cc(F)c(C)c3c1c2[C@@H](C)CC3. The highest BCUT2D eigenvalue weighted by molar-refractivity contribution is 5.92. The van der Waals surface area contributed by atoms with E-state index in [1.54, 1.807) is 4.57 Å². The van der Waals surface area contributed by atoms with Crippen LogP contribution in [-0.2, 0) is 29.9 Å². The number of aryl methyl sites for hydroxylation is 1. The molecule has 1 aromatic carbocycles. The highest BCUT2D eigenvalue weighted by Crippen LogP contribution is 2.46. The van der Waals surface area contributed by atoms with Crippen LogP contribution in [0.5, 0.6) is 0 Å². The summed E-state index contributed by atoms with van der Waals surface area (Å²) in [6.07, 6.45) is 2.25. The molecule has 0 saturated heterocycles. The Morgan fingerprint density at radius 1 is 1.32 bits per heavy atom. The van der Waals surface area contributed by atoms with E-state index in [1.807, 2.05) is 19.9 Å². The maximum Gasteiger partial charge on any atom is 0.257 e. The number of hydrogen-bond donors (Lipinski definition) is 1. The second-order valence-corrected chi connectivity index (χ2v) is 9.34. The van der Waals surface area contributed by atoms with E-state index in [1.165, 1.54) is 11.6 Å². The van der Waals surface area contributed by atoms with Gasteiger partial charge in [0.1, 0.15) is 11.4 Å².